The maximum absolute atomic E-state index is 13.5. The second kappa shape index (κ2) is 5.46. The Labute approximate surface area is 118 Å². The summed E-state index contributed by atoms with van der Waals surface area (Å²) in [6.45, 7) is 1.78. The van der Waals surface area contributed by atoms with E-state index in [1.54, 1.807) is 14.0 Å². The van der Waals surface area contributed by atoms with Gasteiger partial charge in [-0.2, -0.15) is 9.49 Å². The monoisotopic (exact) mass is 299 g/mol. The van der Waals surface area contributed by atoms with Gasteiger partial charge in [-0.3, -0.25) is 10.1 Å². The first-order valence-electron chi connectivity index (χ1n) is 5.64. The lowest BCUT2D eigenvalue weighted by molar-refractivity contribution is -0.387. The molecule has 0 radical (unpaired) electrons. The first-order chi connectivity index (χ1) is 9.43. The molecule has 0 saturated carbocycles. The Hall–Kier alpha value is -2.15. The van der Waals surface area contributed by atoms with E-state index in [2.05, 4.69) is 5.10 Å². The van der Waals surface area contributed by atoms with Gasteiger partial charge >= 0.3 is 5.69 Å². The van der Waals surface area contributed by atoms with Crippen molar-refractivity contribution in [2.75, 3.05) is 0 Å². The number of nitro groups is 1. The fourth-order valence-corrected chi connectivity index (χ4v) is 2.08. The molecule has 1 aromatic heterocycles. The van der Waals surface area contributed by atoms with E-state index in [1.165, 1.54) is 10.7 Å². The molecule has 1 aromatic carbocycles. The second-order valence-electron chi connectivity index (χ2n) is 4.10. The molecule has 0 N–H and O–H groups in total. The van der Waals surface area contributed by atoms with Crippen LogP contribution >= 0.6 is 11.6 Å². The van der Waals surface area contributed by atoms with Gasteiger partial charge in [-0.05, 0) is 13.0 Å². The summed E-state index contributed by atoms with van der Waals surface area (Å²) in [6.07, 6.45) is 0. The number of hydrogen-bond donors (Lipinski definition) is 0. The Morgan fingerprint density at radius 3 is 2.80 bits per heavy atom. The van der Waals surface area contributed by atoms with Crippen LogP contribution in [0.4, 0.5) is 10.1 Å². The molecule has 2 aromatic rings. The van der Waals surface area contributed by atoms with E-state index in [1.807, 2.05) is 0 Å². The highest BCUT2D eigenvalue weighted by Crippen LogP contribution is 2.30. The van der Waals surface area contributed by atoms with Crippen molar-refractivity contribution in [2.45, 2.75) is 12.8 Å². The van der Waals surface area contributed by atoms with E-state index in [-0.39, 0.29) is 11.6 Å². The third kappa shape index (κ3) is 2.57. The average molecular weight is 300 g/mol. The number of nitrogens with zero attached hydrogens (tertiary/aromatic N) is 3. The van der Waals surface area contributed by atoms with Crippen molar-refractivity contribution < 1.29 is 14.1 Å². The number of aromatic nitrogens is 2. The lowest BCUT2D eigenvalue weighted by Gasteiger charge is -2.07. The number of rotatable bonds is 4. The molecule has 106 valence electrons. The molecule has 6 nitrogen and oxygen atoms in total. The molecule has 1 heterocycles. The Balaban J connectivity index is 2.36. The Bertz CT molecular complexity index is 672. The number of hydrogen-bond acceptors (Lipinski definition) is 4. The van der Waals surface area contributed by atoms with Crippen LogP contribution in [-0.2, 0) is 12.9 Å². The van der Waals surface area contributed by atoms with E-state index in [0.717, 1.165) is 12.1 Å². The van der Waals surface area contributed by atoms with Crippen LogP contribution in [-0.4, -0.2) is 14.7 Å². The fraction of sp³-hybridized carbons (Fsp3) is 0.250. The van der Waals surface area contributed by atoms with Crippen molar-refractivity contribution in [3.8, 4) is 11.6 Å². The lowest BCUT2D eigenvalue weighted by atomic mass is 10.3. The smallest absolute Gasteiger partial charge is 0.305 e. The summed E-state index contributed by atoms with van der Waals surface area (Å²) in [5.74, 6) is -0.239. The Morgan fingerprint density at radius 2 is 2.25 bits per heavy atom. The van der Waals surface area contributed by atoms with Gasteiger partial charge in [-0.25, -0.2) is 4.68 Å². The molecule has 0 bridgehead atoms. The zero-order valence-corrected chi connectivity index (χ0v) is 11.5. The molecule has 0 fully saturated rings. The van der Waals surface area contributed by atoms with Crippen molar-refractivity contribution in [1.29, 1.82) is 0 Å². The van der Waals surface area contributed by atoms with Gasteiger partial charge in [0.25, 0.3) is 0 Å². The second-order valence-corrected chi connectivity index (χ2v) is 4.37. The maximum Gasteiger partial charge on any atom is 0.305 e. The number of benzene rings is 1. The zero-order chi connectivity index (χ0) is 14.9. The third-order valence-electron chi connectivity index (χ3n) is 2.75. The number of ether oxygens (including phenoxy) is 1. The molecule has 0 aliphatic heterocycles. The summed E-state index contributed by atoms with van der Waals surface area (Å²) in [6, 6.07) is 3.33. The van der Waals surface area contributed by atoms with Crippen LogP contribution in [0.1, 0.15) is 11.3 Å². The highest BCUT2D eigenvalue weighted by molar-refractivity contribution is 6.17. The molecular weight excluding hydrogens is 289 g/mol. The summed E-state index contributed by atoms with van der Waals surface area (Å²) < 4.78 is 20.5. The predicted octanol–water partition coefficient (Wildman–Crippen LogP) is 3.31. The minimum Gasteiger partial charge on any atom is -0.439 e. The first kappa shape index (κ1) is 14.3. The van der Waals surface area contributed by atoms with Crippen LogP contribution in [0.3, 0.4) is 0 Å². The fourth-order valence-electron chi connectivity index (χ4n) is 1.77. The molecular formula is C12H11ClFN3O3. The quantitative estimate of drug-likeness (QED) is 0.493. The molecule has 8 heteroatoms. The van der Waals surface area contributed by atoms with Crippen LogP contribution in [0.25, 0.3) is 0 Å². The van der Waals surface area contributed by atoms with Gasteiger partial charge in [-0.15, -0.1) is 11.6 Å². The van der Waals surface area contributed by atoms with E-state index in [0.29, 0.717) is 17.1 Å². The van der Waals surface area contributed by atoms with Crippen LogP contribution in [0.2, 0.25) is 0 Å². The van der Waals surface area contributed by atoms with Gasteiger partial charge in [0.1, 0.15) is 5.75 Å². The van der Waals surface area contributed by atoms with Crippen molar-refractivity contribution in [3.05, 3.63) is 45.4 Å². The molecule has 0 atom stereocenters. The number of halogens is 2. The van der Waals surface area contributed by atoms with E-state index >= 15 is 0 Å². The zero-order valence-electron chi connectivity index (χ0n) is 10.8. The maximum atomic E-state index is 13.5. The summed E-state index contributed by atoms with van der Waals surface area (Å²) in [5, 5.41) is 14.7. The minimum atomic E-state index is -0.959. The molecule has 0 saturated heterocycles. The summed E-state index contributed by atoms with van der Waals surface area (Å²) in [4.78, 5) is 9.75. The van der Waals surface area contributed by atoms with Crippen LogP contribution in [0.15, 0.2) is 18.2 Å². The normalized spacial score (nSPS) is 10.6. The molecule has 0 aliphatic rings. The van der Waals surface area contributed by atoms with Gasteiger partial charge in [0.15, 0.2) is 0 Å². The van der Waals surface area contributed by atoms with Crippen molar-refractivity contribution in [3.63, 3.8) is 0 Å². The molecule has 0 aliphatic carbocycles. The van der Waals surface area contributed by atoms with E-state index in [4.69, 9.17) is 16.3 Å². The largest absolute Gasteiger partial charge is 0.439 e. The predicted molar refractivity (Wildman–Crippen MR) is 70.6 cm³/mol. The topological polar surface area (TPSA) is 70.2 Å². The molecule has 0 spiro atoms. The summed E-state index contributed by atoms with van der Waals surface area (Å²) in [5.41, 5.74) is 0.795. The lowest BCUT2D eigenvalue weighted by Crippen LogP contribution is -1.98. The molecule has 20 heavy (non-hydrogen) atoms. The standard InChI is InChI=1S/C12H11ClFN3O3/c1-7-9(6-13)12(16(2)15-7)20-8-3-4-11(17(18)19)10(14)5-8/h3-5H,6H2,1-2H3. The van der Waals surface area contributed by atoms with Gasteiger partial charge in [0.05, 0.1) is 22.1 Å². The van der Waals surface area contributed by atoms with Crippen molar-refractivity contribution in [1.82, 2.24) is 9.78 Å². The van der Waals surface area contributed by atoms with E-state index in [9.17, 15) is 14.5 Å². The molecule has 0 amide bonds. The molecule has 2 rings (SSSR count). The number of nitro benzene ring substituents is 1. The Morgan fingerprint density at radius 1 is 1.55 bits per heavy atom. The first-order valence-corrected chi connectivity index (χ1v) is 6.17. The van der Waals surface area contributed by atoms with Gasteiger partial charge in [0, 0.05) is 19.2 Å². The van der Waals surface area contributed by atoms with Crippen molar-refractivity contribution in [2.24, 2.45) is 7.05 Å². The van der Waals surface area contributed by atoms with Crippen LogP contribution < -0.4 is 4.74 Å². The van der Waals surface area contributed by atoms with Crippen LogP contribution in [0, 0.1) is 22.9 Å². The van der Waals surface area contributed by atoms with Gasteiger partial charge < -0.3 is 4.74 Å². The highest BCUT2D eigenvalue weighted by atomic mass is 35.5. The summed E-state index contributed by atoms with van der Waals surface area (Å²) in [7, 11) is 1.67. The highest BCUT2D eigenvalue weighted by Gasteiger charge is 2.18. The number of alkyl halides is 1. The van der Waals surface area contributed by atoms with Crippen molar-refractivity contribution >= 4 is 17.3 Å². The minimum absolute atomic E-state index is 0.141. The van der Waals surface area contributed by atoms with Gasteiger partial charge in [0.2, 0.25) is 11.7 Å². The third-order valence-corrected chi connectivity index (χ3v) is 3.02. The SMILES string of the molecule is Cc1nn(C)c(Oc2ccc([N+](=O)[O-])c(F)c2)c1CCl. The van der Waals surface area contributed by atoms with Gasteiger partial charge in [-0.1, -0.05) is 0 Å². The average Bonchev–Trinajstić information content (AvgIpc) is 2.63. The summed E-state index contributed by atoms with van der Waals surface area (Å²) >= 11 is 5.82. The molecule has 0 unspecified atom stereocenters. The number of aryl methyl sites for hydroxylation is 2. The van der Waals surface area contributed by atoms with Crippen LogP contribution in [0.5, 0.6) is 11.6 Å². The van der Waals surface area contributed by atoms with E-state index < -0.39 is 16.4 Å². The Kier molecular flexibility index (Phi) is 3.89.